The molecule has 1 N–H and O–H groups in total. The van der Waals surface area contributed by atoms with E-state index in [0.717, 1.165) is 40.7 Å². The average Bonchev–Trinajstić information content (AvgIpc) is 3.19. The molecule has 0 aromatic heterocycles. The van der Waals surface area contributed by atoms with Gasteiger partial charge in [0.15, 0.2) is 9.84 Å². The molecule has 2 aliphatic rings. The minimum absolute atomic E-state index is 0.140. The Morgan fingerprint density at radius 2 is 1.96 bits per heavy atom. The van der Waals surface area contributed by atoms with Gasteiger partial charge in [-0.1, -0.05) is 54.1 Å². The molecule has 28 heavy (non-hydrogen) atoms. The summed E-state index contributed by atoms with van der Waals surface area (Å²) in [4.78, 5) is 0. The van der Waals surface area contributed by atoms with E-state index in [4.69, 9.17) is 4.74 Å². The molecule has 0 saturated carbocycles. The molecule has 0 spiro atoms. The molecule has 0 bridgehead atoms. The molecular weight excluding hydrogens is 372 g/mol. The topological polar surface area (TPSA) is 63.6 Å². The molecule has 0 unspecified atom stereocenters. The van der Waals surface area contributed by atoms with Crippen LogP contribution in [0.25, 0.3) is 11.6 Å². The van der Waals surface area contributed by atoms with Crippen LogP contribution in [-0.2, 0) is 14.6 Å². The summed E-state index contributed by atoms with van der Waals surface area (Å²) in [5.74, 6) is 0.400. The number of sulfone groups is 1. The lowest BCUT2D eigenvalue weighted by molar-refractivity contribution is 0.118. The maximum absolute atomic E-state index is 12.3. The fourth-order valence-corrected chi connectivity index (χ4v) is 6.21. The first kappa shape index (κ1) is 19.0. The van der Waals surface area contributed by atoms with Gasteiger partial charge in [0.1, 0.15) is 11.0 Å². The zero-order valence-corrected chi connectivity index (χ0v) is 16.7. The van der Waals surface area contributed by atoms with E-state index < -0.39 is 15.1 Å². The number of phenolic OH excluding ortho intramolecular Hbond substituents is 1. The lowest BCUT2D eigenvalue weighted by Gasteiger charge is -2.15. The molecule has 2 atom stereocenters. The highest BCUT2D eigenvalue weighted by molar-refractivity contribution is 7.92. The van der Waals surface area contributed by atoms with Gasteiger partial charge in [-0.25, -0.2) is 8.42 Å². The molecule has 1 fully saturated rings. The van der Waals surface area contributed by atoms with Crippen molar-refractivity contribution in [3.63, 3.8) is 0 Å². The molecule has 2 aliphatic heterocycles. The molecule has 2 heterocycles. The Bertz CT molecular complexity index is 1040. The fraction of sp³-hybridized carbons (Fsp3) is 0.304. The summed E-state index contributed by atoms with van der Waals surface area (Å²) >= 11 is 0. The van der Waals surface area contributed by atoms with Crippen molar-refractivity contribution < 1.29 is 18.3 Å². The summed E-state index contributed by atoms with van der Waals surface area (Å²) in [6.45, 7) is 2.19. The van der Waals surface area contributed by atoms with E-state index in [9.17, 15) is 13.5 Å². The Balaban J connectivity index is 1.58. The van der Waals surface area contributed by atoms with Gasteiger partial charge >= 0.3 is 0 Å². The van der Waals surface area contributed by atoms with Crippen molar-refractivity contribution in [3.05, 3.63) is 76.9 Å². The normalized spacial score (nSPS) is 23.8. The van der Waals surface area contributed by atoms with E-state index in [-0.39, 0.29) is 24.2 Å². The number of benzene rings is 2. The monoisotopic (exact) mass is 396 g/mol. The number of aromatic hydroxyl groups is 1. The lowest BCUT2D eigenvalue weighted by atomic mass is 9.94. The smallest absolute Gasteiger partial charge is 0.163 e. The van der Waals surface area contributed by atoms with Crippen LogP contribution < -0.4 is 0 Å². The Morgan fingerprint density at radius 1 is 1.18 bits per heavy atom. The number of ether oxygens (including phenoxy) is 1. The van der Waals surface area contributed by atoms with E-state index in [2.05, 4.69) is 18.2 Å². The van der Waals surface area contributed by atoms with Crippen LogP contribution in [0.15, 0.2) is 65.7 Å². The van der Waals surface area contributed by atoms with Gasteiger partial charge in [-0.3, -0.25) is 0 Å². The molecule has 0 amide bonds. The molecule has 0 aliphatic carbocycles. The highest BCUT2D eigenvalue weighted by Gasteiger charge is 2.45. The summed E-state index contributed by atoms with van der Waals surface area (Å²) in [6.07, 6.45) is 3.43. The minimum Gasteiger partial charge on any atom is -0.508 e. The van der Waals surface area contributed by atoms with Gasteiger partial charge < -0.3 is 9.84 Å². The third-order valence-corrected chi connectivity index (χ3v) is 7.61. The Labute approximate surface area is 166 Å². The molecule has 0 radical (unpaired) electrons. The van der Waals surface area contributed by atoms with Crippen LogP contribution in [0.3, 0.4) is 0 Å². The molecule has 2 aromatic carbocycles. The first-order valence-electron chi connectivity index (χ1n) is 9.52. The van der Waals surface area contributed by atoms with Crippen LogP contribution >= 0.6 is 0 Å². The molecular formula is C23H24O4S. The van der Waals surface area contributed by atoms with Crippen molar-refractivity contribution >= 4 is 21.5 Å². The molecule has 1 saturated heterocycles. The SMILES string of the molecule is CC1=C2[C@@H](CC/C(=C/c3cccc(O)c3)c3ccccc3)OC[C@@H]2S(=O)(=O)C1. The third-order valence-electron chi connectivity index (χ3n) is 5.52. The number of phenols is 1. The van der Waals surface area contributed by atoms with Crippen LogP contribution in [0.2, 0.25) is 0 Å². The first-order valence-corrected chi connectivity index (χ1v) is 11.2. The standard InChI is InChI=1S/C23H24O4S/c1-16-15-28(25,26)22-14-27-21(23(16)22)11-10-19(18-7-3-2-4-8-18)12-17-6-5-9-20(24)13-17/h2-9,12-13,21-22,24H,10-11,14-15H2,1H3/b19-12-/t21-,22+/m1/s1. The summed E-state index contributed by atoms with van der Waals surface area (Å²) in [5.41, 5.74) is 5.11. The zero-order chi connectivity index (χ0) is 19.7. The van der Waals surface area contributed by atoms with E-state index in [1.807, 2.05) is 37.3 Å². The summed E-state index contributed by atoms with van der Waals surface area (Å²) in [5, 5.41) is 9.32. The van der Waals surface area contributed by atoms with Crippen molar-refractivity contribution in [2.75, 3.05) is 12.4 Å². The molecule has 4 nitrogen and oxygen atoms in total. The van der Waals surface area contributed by atoms with E-state index in [1.54, 1.807) is 12.1 Å². The van der Waals surface area contributed by atoms with Crippen LogP contribution in [-0.4, -0.2) is 37.2 Å². The Kier molecular flexibility index (Phi) is 5.13. The lowest BCUT2D eigenvalue weighted by Crippen LogP contribution is -2.19. The van der Waals surface area contributed by atoms with Gasteiger partial charge in [-0.2, -0.15) is 0 Å². The van der Waals surface area contributed by atoms with Gasteiger partial charge in [0.05, 0.1) is 18.5 Å². The van der Waals surface area contributed by atoms with E-state index in [1.165, 1.54) is 0 Å². The maximum atomic E-state index is 12.3. The van der Waals surface area contributed by atoms with Gasteiger partial charge in [0.2, 0.25) is 0 Å². The quantitative estimate of drug-likeness (QED) is 0.607. The van der Waals surface area contributed by atoms with Crippen molar-refractivity contribution in [2.24, 2.45) is 0 Å². The van der Waals surface area contributed by atoms with Crippen LogP contribution in [0.5, 0.6) is 5.75 Å². The van der Waals surface area contributed by atoms with Crippen molar-refractivity contribution in [2.45, 2.75) is 31.1 Å². The first-order chi connectivity index (χ1) is 13.4. The van der Waals surface area contributed by atoms with Crippen LogP contribution in [0, 0.1) is 0 Å². The van der Waals surface area contributed by atoms with Gasteiger partial charge in [0.25, 0.3) is 0 Å². The highest BCUT2D eigenvalue weighted by atomic mass is 32.2. The number of rotatable bonds is 5. The summed E-state index contributed by atoms with van der Waals surface area (Å²) in [6, 6.07) is 17.3. The maximum Gasteiger partial charge on any atom is 0.163 e. The molecule has 146 valence electrons. The zero-order valence-electron chi connectivity index (χ0n) is 15.8. The molecule has 5 heteroatoms. The van der Waals surface area contributed by atoms with Crippen LogP contribution in [0.4, 0.5) is 0 Å². The third kappa shape index (κ3) is 3.77. The second-order valence-corrected chi connectivity index (χ2v) is 9.71. The molecule has 2 aromatic rings. The van der Waals surface area contributed by atoms with Crippen molar-refractivity contribution in [3.8, 4) is 5.75 Å². The number of fused-ring (bicyclic) bond motifs is 1. The fourth-order valence-electron chi connectivity index (χ4n) is 4.22. The van der Waals surface area contributed by atoms with Crippen molar-refractivity contribution in [1.82, 2.24) is 0 Å². The number of hydrogen-bond acceptors (Lipinski definition) is 4. The Morgan fingerprint density at radius 3 is 2.71 bits per heavy atom. The minimum atomic E-state index is -3.09. The summed E-state index contributed by atoms with van der Waals surface area (Å²) in [7, 11) is -3.09. The van der Waals surface area contributed by atoms with E-state index in [0.29, 0.717) is 0 Å². The summed E-state index contributed by atoms with van der Waals surface area (Å²) < 4.78 is 30.4. The average molecular weight is 397 g/mol. The number of allylic oxidation sites excluding steroid dienone is 1. The van der Waals surface area contributed by atoms with Crippen LogP contribution in [0.1, 0.15) is 30.9 Å². The van der Waals surface area contributed by atoms with Crippen molar-refractivity contribution in [1.29, 1.82) is 0 Å². The predicted octanol–water partition coefficient (Wildman–Crippen LogP) is 4.23. The van der Waals surface area contributed by atoms with Gasteiger partial charge in [-0.15, -0.1) is 0 Å². The Hall–Kier alpha value is -2.37. The largest absolute Gasteiger partial charge is 0.508 e. The van der Waals surface area contributed by atoms with E-state index >= 15 is 0 Å². The predicted molar refractivity (Wildman–Crippen MR) is 112 cm³/mol. The molecule has 4 rings (SSSR count). The van der Waals surface area contributed by atoms with Gasteiger partial charge in [-0.05, 0) is 54.2 Å². The second kappa shape index (κ2) is 7.57. The second-order valence-electron chi connectivity index (χ2n) is 7.52. The van der Waals surface area contributed by atoms with Gasteiger partial charge in [0, 0.05) is 0 Å². The highest BCUT2D eigenvalue weighted by Crippen LogP contribution is 2.39. The number of hydrogen-bond donors (Lipinski definition) is 1.